The molecule has 3 aliphatic rings. The van der Waals surface area contributed by atoms with E-state index in [0.717, 1.165) is 34.4 Å². The van der Waals surface area contributed by atoms with Gasteiger partial charge in [0, 0.05) is 22.8 Å². The molecule has 7 aromatic rings. The Kier molecular flexibility index (Phi) is 3.95. The summed E-state index contributed by atoms with van der Waals surface area (Å²) in [5, 5.41) is 2.33. The Labute approximate surface area is 237 Å². The summed E-state index contributed by atoms with van der Waals surface area (Å²) in [6.07, 6.45) is 0.863. The molecule has 1 aliphatic heterocycles. The van der Waals surface area contributed by atoms with Crippen LogP contribution in [0, 0.1) is 0 Å². The second-order valence-corrected chi connectivity index (χ2v) is 11.4. The highest BCUT2D eigenvalue weighted by Crippen LogP contribution is 2.64. The molecule has 10 rings (SSSR count). The maximum absolute atomic E-state index is 6.65. The highest BCUT2D eigenvalue weighted by molar-refractivity contribution is 6.13. The number of hydrogen-bond acceptors (Lipinski definition) is 2. The van der Waals surface area contributed by atoms with Gasteiger partial charge in [0.25, 0.3) is 0 Å². The molecule has 0 saturated carbocycles. The molecule has 0 amide bonds. The van der Waals surface area contributed by atoms with E-state index in [0.29, 0.717) is 0 Å². The van der Waals surface area contributed by atoms with Crippen molar-refractivity contribution in [3.63, 3.8) is 0 Å². The molecule has 0 fully saturated rings. The zero-order valence-corrected chi connectivity index (χ0v) is 22.2. The molecule has 1 spiro atoms. The smallest absolute Gasteiger partial charge is 0.143 e. The fourth-order valence-corrected chi connectivity index (χ4v) is 7.88. The van der Waals surface area contributed by atoms with Crippen LogP contribution < -0.4 is 0 Å². The van der Waals surface area contributed by atoms with Gasteiger partial charge in [0.2, 0.25) is 0 Å². The van der Waals surface area contributed by atoms with Crippen LogP contribution in [0.1, 0.15) is 33.4 Å². The van der Waals surface area contributed by atoms with Crippen molar-refractivity contribution in [2.24, 2.45) is 4.99 Å². The third-order valence-electron chi connectivity index (χ3n) is 9.53. The summed E-state index contributed by atoms with van der Waals surface area (Å²) in [6, 6.07) is 46.4. The molecule has 2 heteroatoms. The standard InChI is InChI=1S/C39H23NO/c1-7-15-34-23(9-1)22-35(40-34)24-17-18-26-25-10-2-5-13-30(25)39(33(26)21-24)31-14-6-3-12-29(31)37-32(39)20-19-28-27-11-4-8-16-36(27)41-38(28)37/h1-21H,22H2. The minimum absolute atomic E-state index is 0.424. The number of rotatable bonds is 1. The number of para-hydroxylation sites is 2. The van der Waals surface area contributed by atoms with Crippen molar-refractivity contribution in [3.8, 4) is 22.3 Å². The molecule has 1 unspecified atom stereocenters. The Balaban J connectivity index is 1.31. The molecule has 1 atom stereocenters. The Bertz CT molecular complexity index is 2300. The quantitative estimate of drug-likeness (QED) is 0.211. The van der Waals surface area contributed by atoms with Crippen LogP contribution in [0.2, 0.25) is 0 Å². The van der Waals surface area contributed by atoms with Crippen molar-refractivity contribution in [2.45, 2.75) is 11.8 Å². The molecule has 0 N–H and O–H groups in total. The molecule has 2 nitrogen and oxygen atoms in total. The third-order valence-corrected chi connectivity index (χ3v) is 9.53. The Morgan fingerprint density at radius 3 is 2.20 bits per heavy atom. The first kappa shape index (κ1) is 21.6. The number of nitrogens with zero attached hydrogens (tertiary/aromatic N) is 1. The summed E-state index contributed by atoms with van der Waals surface area (Å²) in [6.45, 7) is 0. The Morgan fingerprint density at radius 1 is 0.561 bits per heavy atom. The van der Waals surface area contributed by atoms with Gasteiger partial charge in [-0.2, -0.15) is 0 Å². The average molecular weight is 522 g/mol. The van der Waals surface area contributed by atoms with E-state index in [-0.39, 0.29) is 0 Å². The van der Waals surface area contributed by atoms with Gasteiger partial charge in [0.1, 0.15) is 11.2 Å². The normalized spacial score (nSPS) is 17.4. The second-order valence-electron chi connectivity index (χ2n) is 11.4. The average Bonchev–Trinajstić information content (AvgIpc) is 3.77. The van der Waals surface area contributed by atoms with Crippen molar-refractivity contribution in [3.05, 3.63) is 161 Å². The van der Waals surface area contributed by atoms with Crippen molar-refractivity contribution < 1.29 is 4.42 Å². The van der Waals surface area contributed by atoms with Crippen molar-refractivity contribution >= 4 is 33.3 Å². The van der Waals surface area contributed by atoms with E-state index in [1.807, 2.05) is 0 Å². The van der Waals surface area contributed by atoms with Crippen LogP contribution in [-0.4, -0.2) is 5.71 Å². The molecule has 0 radical (unpaired) electrons. The van der Waals surface area contributed by atoms with E-state index in [9.17, 15) is 0 Å². The summed E-state index contributed by atoms with van der Waals surface area (Å²) in [7, 11) is 0. The van der Waals surface area contributed by atoms with Gasteiger partial charge in [-0.05, 0) is 68.3 Å². The third kappa shape index (κ3) is 2.56. The molecular weight excluding hydrogens is 498 g/mol. The lowest BCUT2D eigenvalue weighted by Gasteiger charge is -2.30. The number of hydrogen-bond donors (Lipinski definition) is 0. The minimum Gasteiger partial charge on any atom is -0.455 e. The molecule has 2 heterocycles. The first-order valence-electron chi connectivity index (χ1n) is 14.3. The zero-order chi connectivity index (χ0) is 26.7. The van der Waals surface area contributed by atoms with E-state index in [4.69, 9.17) is 9.41 Å². The SMILES string of the molecule is c1ccc2c(c1)CC(c1ccc3c(c1)C1(c4ccccc4-3)c3ccccc3-c3c1ccc1c3oc3ccccc31)=N2. The van der Waals surface area contributed by atoms with Gasteiger partial charge in [-0.15, -0.1) is 0 Å². The summed E-state index contributed by atoms with van der Waals surface area (Å²) in [5.41, 5.74) is 16.6. The van der Waals surface area contributed by atoms with Crippen LogP contribution in [0.25, 0.3) is 44.2 Å². The van der Waals surface area contributed by atoms with Crippen molar-refractivity contribution in [2.75, 3.05) is 0 Å². The molecular formula is C39H23NO. The predicted octanol–water partition coefficient (Wildman–Crippen LogP) is 9.61. The first-order chi connectivity index (χ1) is 20.3. The fourth-order valence-electron chi connectivity index (χ4n) is 7.88. The van der Waals surface area contributed by atoms with Crippen LogP contribution in [-0.2, 0) is 11.8 Å². The fraction of sp³-hybridized carbons (Fsp3) is 0.0513. The molecule has 1 aromatic heterocycles. The zero-order valence-electron chi connectivity index (χ0n) is 22.2. The van der Waals surface area contributed by atoms with Gasteiger partial charge in [0.05, 0.1) is 16.8 Å². The van der Waals surface area contributed by atoms with Gasteiger partial charge in [-0.25, -0.2) is 0 Å². The highest BCUT2D eigenvalue weighted by atomic mass is 16.3. The van der Waals surface area contributed by atoms with E-state index >= 15 is 0 Å². The van der Waals surface area contributed by atoms with Crippen LogP contribution in [0.15, 0.2) is 137 Å². The van der Waals surface area contributed by atoms with Crippen molar-refractivity contribution in [1.82, 2.24) is 0 Å². The predicted molar refractivity (Wildman–Crippen MR) is 166 cm³/mol. The Hall–Kier alpha value is -5.21. The van der Waals surface area contributed by atoms with E-state index in [1.165, 1.54) is 61.0 Å². The van der Waals surface area contributed by atoms with Gasteiger partial charge in [-0.3, -0.25) is 4.99 Å². The van der Waals surface area contributed by atoms with Gasteiger partial charge < -0.3 is 4.42 Å². The second kappa shape index (κ2) is 7.50. The molecule has 6 aromatic carbocycles. The van der Waals surface area contributed by atoms with Gasteiger partial charge in [0.15, 0.2) is 0 Å². The number of benzene rings is 6. The van der Waals surface area contributed by atoms with Crippen LogP contribution >= 0.6 is 0 Å². The lowest BCUT2D eigenvalue weighted by molar-refractivity contribution is 0.669. The maximum Gasteiger partial charge on any atom is 0.143 e. The number of aliphatic imine (C=N–C) groups is 1. The van der Waals surface area contributed by atoms with Crippen LogP contribution in [0.3, 0.4) is 0 Å². The molecule has 2 aliphatic carbocycles. The largest absolute Gasteiger partial charge is 0.455 e. The van der Waals surface area contributed by atoms with Gasteiger partial charge in [-0.1, -0.05) is 109 Å². The first-order valence-corrected chi connectivity index (χ1v) is 14.3. The Morgan fingerprint density at radius 2 is 1.29 bits per heavy atom. The van der Waals surface area contributed by atoms with E-state index < -0.39 is 5.41 Å². The minimum atomic E-state index is -0.424. The molecule has 41 heavy (non-hydrogen) atoms. The lowest BCUT2D eigenvalue weighted by atomic mass is 9.70. The van der Waals surface area contributed by atoms with E-state index in [1.54, 1.807) is 0 Å². The van der Waals surface area contributed by atoms with Crippen LogP contribution in [0.5, 0.6) is 0 Å². The lowest BCUT2D eigenvalue weighted by Crippen LogP contribution is -2.26. The molecule has 190 valence electrons. The summed E-state index contributed by atoms with van der Waals surface area (Å²) in [4.78, 5) is 5.07. The summed E-state index contributed by atoms with van der Waals surface area (Å²) in [5.74, 6) is 0. The highest BCUT2D eigenvalue weighted by Gasteiger charge is 2.52. The molecule has 0 bridgehead atoms. The maximum atomic E-state index is 6.65. The summed E-state index contributed by atoms with van der Waals surface area (Å²) < 4.78 is 6.65. The van der Waals surface area contributed by atoms with Gasteiger partial charge >= 0.3 is 0 Å². The topological polar surface area (TPSA) is 25.5 Å². The van der Waals surface area contributed by atoms with E-state index in [2.05, 4.69) is 127 Å². The summed E-state index contributed by atoms with van der Waals surface area (Å²) >= 11 is 0. The number of fused-ring (bicyclic) bond motifs is 15. The molecule has 0 saturated heterocycles. The van der Waals surface area contributed by atoms with Crippen molar-refractivity contribution in [1.29, 1.82) is 0 Å². The number of furan rings is 1. The monoisotopic (exact) mass is 521 g/mol. The van der Waals surface area contributed by atoms with Crippen LogP contribution in [0.4, 0.5) is 5.69 Å².